The third-order valence-corrected chi connectivity index (χ3v) is 6.84. The Morgan fingerprint density at radius 3 is 2.57 bits per heavy atom. The number of anilines is 2. The number of sulfonamides is 1. The van der Waals surface area contributed by atoms with E-state index in [1.54, 1.807) is 24.3 Å². The molecule has 0 aliphatic carbocycles. The molecule has 0 aliphatic rings. The number of hydrogen-bond donors (Lipinski definition) is 2. The van der Waals surface area contributed by atoms with Crippen molar-refractivity contribution in [3.63, 3.8) is 0 Å². The van der Waals surface area contributed by atoms with Crippen molar-refractivity contribution in [2.24, 2.45) is 0 Å². The number of rotatable bonds is 10. The van der Waals surface area contributed by atoms with Gasteiger partial charge in [0.1, 0.15) is 0 Å². The molecule has 2 N–H and O–H groups in total. The van der Waals surface area contributed by atoms with Crippen LogP contribution in [0.15, 0.2) is 77.7 Å². The van der Waals surface area contributed by atoms with E-state index in [1.807, 2.05) is 54.8 Å². The number of nitrogens with one attached hydrogen (secondary N) is 2. The average Bonchev–Trinajstić information content (AvgIpc) is 3.20. The van der Waals surface area contributed by atoms with Crippen LogP contribution in [0.4, 0.5) is 11.6 Å². The molecule has 9 heteroatoms. The zero-order valence-corrected chi connectivity index (χ0v) is 20.5. The third-order valence-electron chi connectivity index (χ3n) is 5.46. The van der Waals surface area contributed by atoms with Crippen molar-refractivity contribution in [2.75, 3.05) is 23.3 Å². The summed E-state index contributed by atoms with van der Waals surface area (Å²) >= 11 is 0. The maximum atomic E-state index is 13.1. The van der Waals surface area contributed by atoms with Crippen molar-refractivity contribution in [3.8, 4) is 0 Å². The lowest BCUT2D eigenvalue weighted by Gasteiger charge is -2.12. The van der Waals surface area contributed by atoms with E-state index in [0.717, 1.165) is 23.0 Å². The van der Waals surface area contributed by atoms with Gasteiger partial charge in [0.15, 0.2) is 0 Å². The Labute approximate surface area is 205 Å². The van der Waals surface area contributed by atoms with E-state index in [2.05, 4.69) is 15.0 Å². The number of benzene rings is 3. The van der Waals surface area contributed by atoms with Crippen LogP contribution < -0.4 is 10.0 Å². The molecule has 4 aromatic rings. The van der Waals surface area contributed by atoms with Crippen molar-refractivity contribution in [1.29, 1.82) is 0 Å². The maximum Gasteiger partial charge on any atom is 0.261 e. The monoisotopic (exact) mass is 492 g/mol. The molecule has 1 heterocycles. The van der Waals surface area contributed by atoms with Crippen molar-refractivity contribution < 1.29 is 17.9 Å². The van der Waals surface area contributed by atoms with Gasteiger partial charge in [-0.05, 0) is 62.7 Å². The van der Waals surface area contributed by atoms with Crippen LogP contribution in [0.1, 0.15) is 29.3 Å². The van der Waals surface area contributed by atoms with E-state index >= 15 is 0 Å². The van der Waals surface area contributed by atoms with Crippen molar-refractivity contribution in [3.05, 3.63) is 83.9 Å². The quantitative estimate of drug-likeness (QED) is 0.309. The molecule has 182 valence electrons. The van der Waals surface area contributed by atoms with Gasteiger partial charge in [-0.1, -0.05) is 35.9 Å². The van der Waals surface area contributed by atoms with Crippen LogP contribution in [0.25, 0.3) is 11.0 Å². The SMILES string of the molecule is CCOCCCn1c(NC(=O)c2cccc(S(=O)(=O)Nc3ccc(C)cc3)c2)nc2ccccc21. The summed E-state index contributed by atoms with van der Waals surface area (Å²) in [5.74, 6) is -0.0440. The van der Waals surface area contributed by atoms with Gasteiger partial charge in [-0.3, -0.25) is 14.8 Å². The fourth-order valence-electron chi connectivity index (χ4n) is 3.68. The van der Waals surface area contributed by atoms with Crippen LogP contribution >= 0.6 is 0 Å². The van der Waals surface area contributed by atoms with Gasteiger partial charge < -0.3 is 9.30 Å². The molecule has 3 aromatic carbocycles. The summed E-state index contributed by atoms with van der Waals surface area (Å²) in [4.78, 5) is 17.7. The van der Waals surface area contributed by atoms with Gasteiger partial charge in [-0.2, -0.15) is 0 Å². The van der Waals surface area contributed by atoms with E-state index in [4.69, 9.17) is 4.74 Å². The first-order valence-electron chi connectivity index (χ1n) is 11.4. The molecule has 0 bridgehead atoms. The van der Waals surface area contributed by atoms with Gasteiger partial charge >= 0.3 is 0 Å². The first-order chi connectivity index (χ1) is 16.9. The summed E-state index contributed by atoms with van der Waals surface area (Å²) in [6.45, 7) is 5.73. The van der Waals surface area contributed by atoms with E-state index in [9.17, 15) is 13.2 Å². The Kier molecular flexibility index (Phi) is 7.48. The molecule has 0 aliphatic heterocycles. The van der Waals surface area contributed by atoms with Gasteiger partial charge in [-0.15, -0.1) is 0 Å². The summed E-state index contributed by atoms with van der Waals surface area (Å²) in [6, 6.07) is 20.6. The van der Waals surface area contributed by atoms with Crippen LogP contribution in [0.5, 0.6) is 0 Å². The molecule has 1 amide bonds. The Morgan fingerprint density at radius 2 is 1.80 bits per heavy atom. The highest BCUT2D eigenvalue weighted by molar-refractivity contribution is 7.92. The first-order valence-corrected chi connectivity index (χ1v) is 12.9. The van der Waals surface area contributed by atoms with Crippen LogP contribution in [0, 0.1) is 6.92 Å². The van der Waals surface area contributed by atoms with Crippen molar-refractivity contribution >= 4 is 38.6 Å². The van der Waals surface area contributed by atoms with Crippen LogP contribution in [0.3, 0.4) is 0 Å². The number of nitrogens with zero attached hydrogens (tertiary/aromatic N) is 2. The maximum absolute atomic E-state index is 13.1. The molecule has 0 atom stereocenters. The number of fused-ring (bicyclic) bond motifs is 1. The second kappa shape index (κ2) is 10.7. The molecule has 8 nitrogen and oxygen atoms in total. The second-order valence-electron chi connectivity index (χ2n) is 8.08. The van der Waals surface area contributed by atoms with E-state index in [0.29, 0.717) is 31.4 Å². The number of aromatic nitrogens is 2. The fraction of sp³-hybridized carbons (Fsp3) is 0.231. The highest BCUT2D eigenvalue weighted by Gasteiger charge is 2.18. The molecule has 0 spiro atoms. The van der Waals surface area contributed by atoms with E-state index in [-0.39, 0.29) is 10.5 Å². The summed E-state index contributed by atoms with van der Waals surface area (Å²) < 4.78 is 35.7. The number of imidazole rings is 1. The largest absolute Gasteiger partial charge is 0.382 e. The highest BCUT2D eigenvalue weighted by Crippen LogP contribution is 2.22. The Bertz CT molecular complexity index is 1430. The van der Waals surface area contributed by atoms with Crippen LogP contribution in [-0.4, -0.2) is 37.1 Å². The predicted molar refractivity (Wildman–Crippen MR) is 137 cm³/mol. The molecule has 0 fully saturated rings. The second-order valence-corrected chi connectivity index (χ2v) is 9.76. The van der Waals surface area contributed by atoms with Crippen molar-refractivity contribution in [1.82, 2.24) is 9.55 Å². The van der Waals surface area contributed by atoms with Crippen LogP contribution in [-0.2, 0) is 21.3 Å². The fourth-order valence-corrected chi connectivity index (χ4v) is 4.78. The van der Waals surface area contributed by atoms with E-state index < -0.39 is 15.9 Å². The highest BCUT2D eigenvalue weighted by atomic mass is 32.2. The normalized spacial score (nSPS) is 11.5. The smallest absolute Gasteiger partial charge is 0.261 e. The molecular formula is C26H28N4O4S. The number of para-hydroxylation sites is 2. The molecule has 1 aromatic heterocycles. The number of amides is 1. The lowest BCUT2D eigenvalue weighted by Crippen LogP contribution is -2.18. The molecule has 0 radical (unpaired) electrons. The minimum atomic E-state index is -3.87. The zero-order chi connectivity index (χ0) is 24.8. The lowest BCUT2D eigenvalue weighted by atomic mass is 10.2. The number of aryl methyl sites for hydroxylation is 2. The van der Waals surface area contributed by atoms with Crippen LogP contribution in [0.2, 0.25) is 0 Å². The first kappa shape index (κ1) is 24.4. The molecule has 0 saturated heterocycles. The van der Waals surface area contributed by atoms with Gasteiger partial charge in [0.2, 0.25) is 5.95 Å². The summed E-state index contributed by atoms with van der Waals surface area (Å²) in [6.07, 6.45) is 0.759. The number of carbonyl (C=O) groups excluding carboxylic acids is 1. The topological polar surface area (TPSA) is 102 Å². The Morgan fingerprint density at radius 1 is 1.03 bits per heavy atom. The summed E-state index contributed by atoms with van der Waals surface area (Å²) in [7, 11) is -3.87. The third kappa shape index (κ3) is 5.87. The Balaban J connectivity index is 1.56. The molecule has 0 saturated carbocycles. The van der Waals surface area contributed by atoms with E-state index in [1.165, 1.54) is 12.1 Å². The zero-order valence-electron chi connectivity index (χ0n) is 19.7. The van der Waals surface area contributed by atoms with Gasteiger partial charge in [-0.25, -0.2) is 13.4 Å². The van der Waals surface area contributed by atoms with Crippen molar-refractivity contribution in [2.45, 2.75) is 31.7 Å². The average molecular weight is 493 g/mol. The number of hydrogen-bond acceptors (Lipinski definition) is 5. The minimum Gasteiger partial charge on any atom is -0.382 e. The molecular weight excluding hydrogens is 464 g/mol. The van der Waals surface area contributed by atoms with Gasteiger partial charge in [0, 0.05) is 31.0 Å². The summed E-state index contributed by atoms with van der Waals surface area (Å²) in [5.41, 5.74) is 3.35. The lowest BCUT2D eigenvalue weighted by molar-refractivity contribution is 0.102. The standard InChI is InChI=1S/C26H28N4O4S/c1-3-34-17-7-16-30-24-11-5-4-10-23(24)27-26(30)28-25(31)20-8-6-9-22(18-20)35(32,33)29-21-14-12-19(2)13-15-21/h4-6,8-15,18,29H,3,7,16-17H2,1-2H3,(H,27,28,31). The number of carbonyl (C=O) groups is 1. The van der Waals surface area contributed by atoms with Gasteiger partial charge in [0.25, 0.3) is 15.9 Å². The summed E-state index contributed by atoms with van der Waals surface area (Å²) in [5, 5.41) is 2.85. The molecule has 4 rings (SSSR count). The predicted octanol–water partition coefficient (Wildman–Crippen LogP) is 4.82. The molecule has 0 unspecified atom stereocenters. The molecule has 35 heavy (non-hydrogen) atoms. The van der Waals surface area contributed by atoms with Gasteiger partial charge in [0.05, 0.1) is 15.9 Å². The Hall–Kier alpha value is -3.69. The minimum absolute atomic E-state index is 0.00376. The number of ether oxygens (including phenoxy) is 1.